The first-order valence-corrected chi connectivity index (χ1v) is 7.40. The molecule has 124 valence electrons. The van der Waals surface area contributed by atoms with Crippen molar-refractivity contribution in [3.05, 3.63) is 46.0 Å². The summed E-state index contributed by atoms with van der Waals surface area (Å²) < 4.78 is 6.59. The number of allylic oxidation sites excluding steroid dienone is 1. The Bertz CT molecular complexity index is 865. The lowest BCUT2D eigenvalue weighted by atomic mass is 9.98. The summed E-state index contributed by atoms with van der Waals surface area (Å²) in [6, 6.07) is 1.90. The summed E-state index contributed by atoms with van der Waals surface area (Å²) in [6.45, 7) is 5.26. The van der Waals surface area contributed by atoms with Gasteiger partial charge in [-0.2, -0.15) is 10.4 Å². The highest BCUT2D eigenvalue weighted by atomic mass is 16.5. The third kappa shape index (κ3) is 3.27. The minimum absolute atomic E-state index is 0.0735. The number of ether oxygens (including phenoxy) is 1. The van der Waals surface area contributed by atoms with Crippen molar-refractivity contribution in [1.82, 2.24) is 14.8 Å². The molecule has 0 atom stereocenters. The molecule has 0 aliphatic heterocycles. The number of rotatable bonds is 5. The molecule has 1 N–H and O–H groups in total. The lowest BCUT2D eigenvalue weighted by Gasteiger charge is -2.05. The van der Waals surface area contributed by atoms with Crippen LogP contribution in [0.15, 0.2) is 18.0 Å². The molecular weight excluding hydrogens is 308 g/mol. The second-order valence-corrected chi connectivity index (χ2v) is 5.29. The van der Waals surface area contributed by atoms with Crippen LogP contribution < -0.4 is 0 Å². The van der Waals surface area contributed by atoms with E-state index in [9.17, 15) is 14.9 Å². The molecule has 2 aromatic rings. The number of carbonyl (C=O) groups is 2. The highest BCUT2D eigenvalue weighted by Crippen LogP contribution is 2.23. The van der Waals surface area contributed by atoms with Gasteiger partial charge in [0.05, 0.1) is 23.9 Å². The van der Waals surface area contributed by atoms with Crippen LogP contribution in [0.5, 0.6) is 0 Å². The van der Waals surface area contributed by atoms with Crippen molar-refractivity contribution in [2.45, 2.75) is 20.8 Å². The number of hydrogen-bond acceptors (Lipinski definition) is 5. The van der Waals surface area contributed by atoms with E-state index in [1.165, 1.54) is 6.08 Å². The molecule has 0 aliphatic rings. The Morgan fingerprint density at radius 3 is 2.58 bits per heavy atom. The van der Waals surface area contributed by atoms with Crippen LogP contribution in [0.25, 0.3) is 6.08 Å². The van der Waals surface area contributed by atoms with Crippen molar-refractivity contribution in [3.8, 4) is 6.07 Å². The lowest BCUT2D eigenvalue weighted by molar-refractivity contribution is 0.0523. The molecule has 24 heavy (non-hydrogen) atoms. The normalized spacial score (nSPS) is 11.2. The van der Waals surface area contributed by atoms with Gasteiger partial charge in [0.2, 0.25) is 5.78 Å². The molecule has 0 saturated carbocycles. The van der Waals surface area contributed by atoms with Crippen molar-refractivity contribution in [2.75, 3.05) is 6.61 Å². The van der Waals surface area contributed by atoms with E-state index in [4.69, 9.17) is 4.74 Å². The summed E-state index contributed by atoms with van der Waals surface area (Å²) in [7, 11) is 1.74. The fourth-order valence-electron chi connectivity index (χ4n) is 2.49. The molecule has 2 heterocycles. The predicted octanol–water partition coefficient (Wildman–Crippen LogP) is 2.33. The number of nitrogens with one attached hydrogen (secondary N) is 1. The number of H-pyrrole nitrogens is 1. The van der Waals surface area contributed by atoms with Gasteiger partial charge in [-0.1, -0.05) is 0 Å². The van der Waals surface area contributed by atoms with Gasteiger partial charge in [0.15, 0.2) is 0 Å². The van der Waals surface area contributed by atoms with Crippen molar-refractivity contribution in [3.63, 3.8) is 0 Å². The van der Waals surface area contributed by atoms with Crippen LogP contribution in [0.3, 0.4) is 0 Å². The molecule has 0 fully saturated rings. The number of hydrogen-bond donors (Lipinski definition) is 1. The third-order valence-corrected chi connectivity index (χ3v) is 3.48. The Morgan fingerprint density at radius 2 is 2.04 bits per heavy atom. The maximum absolute atomic E-state index is 12.8. The van der Waals surface area contributed by atoms with E-state index >= 15 is 0 Å². The average Bonchev–Trinajstić information content (AvgIpc) is 3.06. The molecule has 0 bridgehead atoms. The van der Waals surface area contributed by atoms with Gasteiger partial charge in [-0.05, 0) is 26.8 Å². The van der Waals surface area contributed by atoms with Gasteiger partial charge in [-0.25, -0.2) is 4.79 Å². The first-order valence-electron chi connectivity index (χ1n) is 7.40. The zero-order chi connectivity index (χ0) is 17.9. The third-order valence-electron chi connectivity index (χ3n) is 3.48. The molecule has 2 rings (SSSR count). The maximum Gasteiger partial charge on any atom is 0.340 e. The van der Waals surface area contributed by atoms with E-state index in [0.29, 0.717) is 17.0 Å². The Balaban J connectivity index is 2.50. The van der Waals surface area contributed by atoms with Gasteiger partial charge in [0.1, 0.15) is 11.6 Å². The van der Waals surface area contributed by atoms with Gasteiger partial charge in [-0.3, -0.25) is 9.48 Å². The summed E-state index contributed by atoms with van der Waals surface area (Å²) in [4.78, 5) is 27.9. The molecule has 0 radical (unpaired) electrons. The van der Waals surface area contributed by atoms with Gasteiger partial charge in [-0.15, -0.1) is 0 Å². The molecule has 0 saturated heterocycles. The number of Topliss-reactive ketones (excluding diaryl/α,β-unsaturated/α-hetero) is 1. The topological polar surface area (TPSA) is 101 Å². The second kappa shape index (κ2) is 6.96. The lowest BCUT2D eigenvalue weighted by Crippen LogP contribution is -2.13. The number of esters is 1. The molecular formula is C17H18N4O3. The zero-order valence-corrected chi connectivity index (χ0v) is 14.0. The SMILES string of the molecule is CCOC(=O)c1c(C)[nH]c(C)c1C(=O)/C(C#N)=C/c1cnn(C)c1. The van der Waals surface area contributed by atoms with E-state index in [-0.39, 0.29) is 23.3 Å². The Labute approximate surface area is 139 Å². The maximum atomic E-state index is 12.8. The number of ketones is 1. The van der Waals surface area contributed by atoms with Crippen molar-refractivity contribution in [1.29, 1.82) is 5.26 Å². The quantitative estimate of drug-likeness (QED) is 0.393. The van der Waals surface area contributed by atoms with Crippen molar-refractivity contribution in [2.24, 2.45) is 7.05 Å². The molecule has 0 amide bonds. The summed E-state index contributed by atoms with van der Waals surface area (Å²) in [6.07, 6.45) is 4.68. The van der Waals surface area contributed by atoms with E-state index in [1.807, 2.05) is 6.07 Å². The molecule has 2 aromatic heterocycles. The Hall–Kier alpha value is -3.14. The van der Waals surface area contributed by atoms with E-state index < -0.39 is 11.8 Å². The highest BCUT2D eigenvalue weighted by Gasteiger charge is 2.27. The number of carbonyl (C=O) groups excluding carboxylic acids is 2. The fraction of sp³-hybridized carbons (Fsp3) is 0.294. The molecule has 0 spiro atoms. The Morgan fingerprint density at radius 1 is 1.38 bits per heavy atom. The molecule has 7 heteroatoms. The average molecular weight is 326 g/mol. The predicted molar refractivity (Wildman–Crippen MR) is 87.4 cm³/mol. The van der Waals surface area contributed by atoms with Crippen LogP contribution in [-0.2, 0) is 11.8 Å². The van der Waals surface area contributed by atoms with Crippen molar-refractivity contribution >= 4 is 17.8 Å². The summed E-state index contributed by atoms with van der Waals surface area (Å²) >= 11 is 0. The summed E-state index contributed by atoms with van der Waals surface area (Å²) in [5.41, 5.74) is 1.95. The van der Waals surface area contributed by atoms with Gasteiger partial charge in [0.25, 0.3) is 0 Å². The summed E-state index contributed by atoms with van der Waals surface area (Å²) in [5.74, 6) is -1.10. The first-order chi connectivity index (χ1) is 11.4. The van der Waals surface area contributed by atoms with Crippen LogP contribution in [0.4, 0.5) is 0 Å². The number of nitrogens with zero attached hydrogens (tertiary/aromatic N) is 3. The highest BCUT2D eigenvalue weighted by molar-refractivity contribution is 6.19. The molecule has 0 unspecified atom stereocenters. The van der Waals surface area contributed by atoms with E-state index in [1.54, 1.807) is 44.9 Å². The molecule has 0 aromatic carbocycles. The monoisotopic (exact) mass is 326 g/mol. The fourth-order valence-corrected chi connectivity index (χ4v) is 2.49. The minimum Gasteiger partial charge on any atom is -0.462 e. The Kier molecular flexibility index (Phi) is 4.99. The smallest absolute Gasteiger partial charge is 0.340 e. The molecule has 0 aliphatic carbocycles. The van der Waals surface area contributed by atoms with Crippen LogP contribution in [0.1, 0.15) is 44.6 Å². The standard InChI is InChI=1S/C17H18N4O3/c1-5-24-17(23)15-11(3)20-10(2)14(15)16(22)13(7-18)6-12-8-19-21(4)9-12/h6,8-9,20H,5H2,1-4H3/b13-6+. The van der Waals surface area contributed by atoms with Crippen LogP contribution >= 0.6 is 0 Å². The van der Waals surface area contributed by atoms with Gasteiger partial charge >= 0.3 is 5.97 Å². The molecule has 7 nitrogen and oxygen atoms in total. The largest absolute Gasteiger partial charge is 0.462 e. The van der Waals surface area contributed by atoms with Crippen LogP contribution in [0, 0.1) is 25.2 Å². The van der Waals surface area contributed by atoms with E-state index in [0.717, 1.165) is 0 Å². The first kappa shape index (κ1) is 17.2. The number of nitriles is 1. The van der Waals surface area contributed by atoms with Gasteiger partial charge < -0.3 is 9.72 Å². The number of aromatic amines is 1. The van der Waals surface area contributed by atoms with Crippen LogP contribution in [0.2, 0.25) is 0 Å². The zero-order valence-electron chi connectivity index (χ0n) is 14.0. The van der Waals surface area contributed by atoms with E-state index in [2.05, 4.69) is 10.1 Å². The second-order valence-electron chi connectivity index (χ2n) is 5.29. The van der Waals surface area contributed by atoms with Gasteiger partial charge in [0, 0.05) is 30.2 Å². The number of aryl methyl sites for hydroxylation is 3. The van der Waals surface area contributed by atoms with Crippen LogP contribution in [-0.4, -0.2) is 33.1 Å². The minimum atomic E-state index is -0.582. The van der Waals surface area contributed by atoms with Crippen molar-refractivity contribution < 1.29 is 14.3 Å². The summed E-state index contributed by atoms with van der Waals surface area (Å²) in [5, 5.41) is 13.4. The number of aromatic nitrogens is 3.